The van der Waals surface area contributed by atoms with E-state index in [9.17, 15) is 13.2 Å². The summed E-state index contributed by atoms with van der Waals surface area (Å²) in [4.78, 5) is 15.7. The van der Waals surface area contributed by atoms with Crippen LogP contribution in [0.3, 0.4) is 0 Å². The Bertz CT molecular complexity index is 1240. The monoisotopic (exact) mass is 522 g/mol. The lowest BCUT2D eigenvalue weighted by molar-refractivity contribution is -0.136. The zero-order valence-electron chi connectivity index (χ0n) is 21.0. The molecule has 0 unspecified atom stereocenters. The predicted octanol–water partition coefficient (Wildman–Crippen LogP) is 3.87. The zero-order chi connectivity index (χ0) is 26.1. The van der Waals surface area contributed by atoms with Gasteiger partial charge in [0.25, 0.3) is 0 Å². The van der Waals surface area contributed by atoms with Crippen molar-refractivity contribution in [2.75, 3.05) is 38.5 Å². The van der Waals surface area contributed by atoms with Gasteiger partial charge < -0.3 is 9.84 Å². The SMILES string of the molecule is O=C(O)CCc1ccc(OCc2ccc(CN3CCN(CCS(=O)(=O)c4ccccc4)CC3)cc2)cc1. The summed E-state index contributed by atoms with van der Waals surface area (Å²) in [5, 5.41) is 8.79. The largest absolute Gasteiger partial charge is 0.489 e. The molecule has 3 aromatic carbocycles. The van der Waals surface area contributed by atoms with Crippen LogP contribution in [0.2, 0.25) is 0 Å². The molecule has 1 saturated heterocycles. The van der Waals surface area contributed by atoms with Gasteiger partial charge >= 0.3 is 5.97 Å². The third kappa shape index (κ3) is 8.42. The number of aryl methyl sites for hydroxylation is 1. The minimum absolute atomic E-state index is 0.126. The molecular weight excluding hydrogens is 488 g/mol. The molecule has 1 N–H and O–H groups in total. The highest BCUT2D eigenvalue weighted by molar-refractivity contribution is 7.91. The van der Waals surface area contributed by atoms with E-state index in [4.69, 9.17) is 9.84 Å². The van der Waals surface area contributed by atoms with E-state index in [1.165, 1.54) is 5.56 Å². The van der Waals surface area contributed by atoms with E-state index in [0.717, 1.165) is 49.6 Å². The van der Waals surface area contributed by atoms with Crippen LogP contribution < -0.4 is 4.74 Å². The molecular formula is C29H34N2O5S. The van der Waals surface area contributed by atoms with E-state index in [1.54, 1.807) is 24.3 Å². The number of nitrogens with zero attached hydrogens (tertiary/aromatic N) is 2. The average Bonchev–Trinajstić information content (AvgIpc) is 2.92. The van der Waals surface area contributed by atoms with E-state index >= 15 is 0 Å². The van der Waals surface area contributed by atoms with Gasteiger partial charge in [-0.25, -0.2) is 8.42 Å². The number of hydrogen-bond donors (Lipinski definition) is 1. The molecule has 0 aromatic heterocycles. The fraction of sp³-hybridized carbons (Fsp3) is 0.345. The van der Waals surface area contributed by atoms with Crippen molar-refractivity contribution in [2.24, 2.45) is 0 Å². The van der Waals surface area contributed by atoms with E-state index in [2.05, 4.69) is 34.1 Å². The number of carboxylic acids is 1. The summed E-state index contributed by atoms with van der Waals surface area (Å²) in [5.41, 5.74) is 3.31. The molecule has 0 spiro atoms. The molecule has 0 aliphatic carbocycles. The Balaban J connectivity index is 1.17. The van der Waals surface area contributed by atoms with Crippen molar-refractivity contribution < 1.29 is 23.1 Å². The third-order valence-corrected chi connectivity index (χ3v) is 8.34. The molecule has 1 aliphatic heterocycles. The van der Waals surface area contributed by atoms with Gasteiger partial charge in [-0.15, -0.1) is 0 Å². The van der Waals surface area contributed by atoms with E-state index in [1.807, 2.05) is 30.3 Å². The molecule has 0 radical (unpaired) electrons. The van der Waals surface area contributed by atoms with E-state index in [0.29, 0.717) is 24.5 Å². The predicted molar refractivity (Wildman–Crippen MR) is 143 cm³/mol. The Hall–Kier alpha value is -3.20. The number of piperazine rings is 1. The van der Waals surface area contributed by atoms with Crippen LogP contribution >= 0.6 is 0 Å². The van der Waals surface area contributed by atoms with Gasteiger partial charge in [0, 0.05) is 45.7 Å². The molecule has 0 atom stereocenters. The summed E-state index contributed by atoms with van der Waals surface area (Å²) in [7, 11) is -3.24. The standard InChI is InChI=1S/C29H34N2O5S/c32-29(33)15-12-24-10-13-27(14-11-24)36-23-26-8-6-25(7-9-26)22-31-18-16-30(17-19-31)20-21-37(34,35)28-4-2-1-3-5-28/h1-11,13-14H,12,15-23H2,(H,32,33). The molecule has 1 heterocycles. The minimum atomic E-state index is -3.24. The molecule has 37 heavy (non-hydrogen) atoms. The van der Waals surface area contributed by atoms with Crippen LogP contribution in [-0.2, 0) is 34.2 Å². The second kappa shape index (κ2) is 12.9. The van der Waals surface area contributed by atoms with Gasteiger partial charge in [-0.1, -0.05) is 54.6 Å². The van der Waals surface area contributed by atoms with Crippen LogP contribution in [0.1, 0.15) is 23.1 Å². The van der Waals surface area contributed by atoms with Crippen LogP contribution in [0.15, 0.2) is 83.8 Å². The van der Waals surface area contributed by atoms with E-state index in [-0.39, 0.29) is 12.2 Å². The van der Waals surface area contributed by atoms with Gasteiger partial charge in [0.15, 0.2) is 9.84 Å². The molecule has 0 saturated carbocycles. The Morgan fingerprint density at radius 3 is 2.03 bits per heavy atom. The van der Waals surface area contributed by atoms with Crippen molar-refractivity contribution in [1.82, 2.24) is 9.80 Å². The van der Waals surface area contributed by atoms with Crippen molar-refractivity contribution >= 4 is 15.8 Å². The van der Waals surface area contributed by atoms with Gasteiger partial charge in [-0.3, -0.25) is 14.6 Å². The first-order valence-electron chi connectivity index (χ1n) is 12.6. The quantitative estimate of drug-likeness (QED) is 0.386. The number of sulfone groups is 1. The molecule has 8 heteroatoms. The van der Waals surface area contributed by atoms with Gasteiger partial charge in [0.2, 0.25) is 0 Å². The van der Waals surface area contributed by atoms with Gasteiger partial charge in [0.05, 0.1) is 10.6 Å². The third-order valence-electron chi connectivity index (χ3n) is 6.63. The molecule has 0 amide bonds. The number of carbonyl (C=O) groups is 1. The van der Waals surface area contributed by atoms with E-state index < -0.39 is 15.8 Å². The van der Waals surface area contributed by atoms with Crippen LogP contribution in [0, 0.1) is 0 Å². The zero-order valence-corrected chi connectivity index (χ0v) is 21.8. The van der Waals surface area contributed by atoms with Crippen LogP contribution in [-0.4, -0.2) is 67.8 Å². The summed E-state index contributed by atoms with van der Waals surface area (Å²) in [5.74, 6) is 0.117. The first kappa shape index (κ1) is 26.9. The number of ether oxygens (including phenoxy) is 1. The lowest BCUT2D eigenvalue weighted by atomic mass is 10.1. The number of aliphatic carboxylic acids is 1. The van der Waals surface area contributed by atoms with Gasteiger partial charge in [-0.2, -0.15) is 0 Å². The van der Waals surface area contributed by atoms with Crippen molar-refractivity contribution in [3.8, 4) is 5.75 Å². The van der Waals surface area contributed by atoms with Crippen LogP contribution in [0.4, 0.5) is 0 Å². The fourth-order valence-electron chi connectivity index (χ4n) is 4.34. The maximum absolute atomic E-state index is 12.5. The molecule has 0 bridgehead atoms. The molecule has 1 aliphatic rings. The van der Waals surface area contributed by atoms with Crippen molar-refractivity contribution in [1.29, 1.82) is 0 Å². The van der Waals surface area contributed by atoms with Gasteiger partial charge in [0.1, 0.15) is 12.4 Å². The molecule has 1 fully saturated rings. The maximum atomic E-state index is 12.5. The topological polar surface area (TPSA) is 87.2 Å². The first-order chi connectivity index (χ1) is 17.9. The summed E-state index contributed by atoms with van der Waals surface area (Å²) in [6.45, 7) is 5.47. The second-order valence-electron chi connectivity index (χ2n) is 9.39. The van der Waals surface area contributed by atoms with Crippen molar-refractivity contribution in [3.63, 3.8) is 0 Å². The molecule has 196 valence electrons. The highest BCUT2D eigenvalue weighted by Crippen LogP contribution is 2.17. The summed E-state index contributed by atoms with van der Waals surface area (Å²) in [6, 6.07) is 24.7. The summed E-state index contributed by atoms with van der Waals surface area (Å²) < 4.78 is 30.9. The van der Waals surface area contributed by atoms with Crippen molar-refractivity contribution in [3.05, 3.63) is 95.6 Å². The van der Waals surface area contributed by atoms with Crippen molar-refractivity contribution in [2.45, 2.75) is 30.9 Å². The number of rotatable bonds is 12. The molecule has 4 rings (SSSR count). The number of carboxylic acid groups (broad SMARTS) is 1. The lowest BCUT2D eigenvalue weighted by Gasteiger charge is -2.34. The minimum Gasteiger partial charge on any atom is -0.489 e. The Labute approximate surface area is 219 Å². The molecule has 3 aromatic rings. The number of benzene rings is 3. The molecule has 7 nitrogen and oxygen atoms in total. The highest BCUT2D eigenvalue weighted by Gasteiger charge is 2.20. The Kier molecular flexibility index (Phi) is 9.33. The Morgan fingerprint density at radius 2 is 1.38 bits per heavy atom. The highest BCUT2D eigenvalue weighted by atomic mass is 32.2. The summed E-state index contributed by atoms with van der Waals surface area (Å²) >= 11 is 0. The number of hydrogen-bond acceptors (Lipinski definition) is 6. The first-order valence-corrected chi connectivity index (χ1v) is 14.3. The average molecular weight is 523 g/mol. The fourth-order valence-corrected chi connectivity index (χ4v) is 5.64. The maximum Gasteiger partial charge on any atom is 0.303 e. The Morgan fingerprint density at radius 1 is 0.784 bits per heavy atom. The van der Waals surface area contributed by atoms with Gasteiger partial charge in [-0.05, 0) is 47.4 Å². The lowest BCUT2D eigenvalue weighted by Crippen LogP contribution is -2.47. The van der Waals surface area contributed by atoms with Crippen LogP contribution in [0.25, 0.3) is 0 Å². The van der Waals surface area contributed by atoms with Crippen LogP contribution in [0.5, 0.6) is 5.75 Å². The summed E-state index contributed by atoms with van der Waals surface area (Å²) in [6.07, 6.45) is 0.642. The normalized spacial score (nSPS) is 14.9. The second-order valence-corrected chi connectivity index (χ2v) is 11.5. The smallest absolute Gasteiger partial charge is 0.303 e.